The van der Waals surface area contributed by atoms with Crippen LogP contribution >= 0.6 is 0 Å². The van der Waals surface area contributed by atoms with E-state index in [0.717, 1.165) is 12.1 Å². The predicted octanol–water partition coefficient (Wildman–Crippen LogP) is 2.61. The molecular weight excluding hydrogens is 437 g/mol. The van der Waals surface area contributed by atoms with Crippen molar-refractivity contribution in [1.82, 2.24) is 19.8 Å². The first kappa shape index (κ1) is 22.9. The molecule has 0 aliphatic carbocycles. The summed E-state index contributed by atoms with van der Waals surface area (Å²) in [7, 11) is 0. The van der Waals surface area contributed by atoms with Crippen LogP contribution in [-0.2, 0) is 22.3 Å². The molecule has 1 atom stereocenters. The van der Waals surface area contributed by atoms with E-state index < -0.39 is 17.3 Å². The van der Waals surface area contributed by atoms with Crippen LogP contribution in [0.3, 0.4) is 0 Å². The Morgan fingerprint density at radius 2 is 1.79 bits per heavy atom. The molecule has 1 unspecified atom stereocenters. The molecule has 1 aliphatic heterocycles. The molecule has 10 heteroatoms. The number of amides is 1. The predicted molar refractivity (Wildman–Crippen MR) is 116 cm³/mol. The lowest BCUT2D eigenvalue weighted by molar-refractivity contribution is -0.137. The van der Waals surface area contributed by atoms with E-state index in [0.29, 0.717) is 42.9 Å². The van der Waals surface area contributed by atoms with Crippen molar-refractivity contribution in [2.24, 2.45) is 0 Å². The number of nitrogens with zero attached hydrogens (tertiary/aromatic N) is 3. The SMILES string of the molecule is O=C(Cn1c(=O)cnc2ccccc21)NCC(c1ccc(C(F)(F)F)cc1)N1CCOCC1. The van der Waals surface area contributed by atoms with Crippen molar-refractivity contribution >= 4 is 16.9 Å². The second kappa shape index (κ2) is 9.72. The highest BCUT2D eigenvalue weighted by Crippen LogP contribution is 2.31. The molecule has 1 fully saturated rings. The number of halogens is 3. The van der Waals surface area contributed by atoms with E-state index in [9.17, 15) is 22.8 Å². The summed E-state index contributed by atoms with van der Waals surface area (Å²) in [5.41, 5.74) is 0.696. The topological polar surface area (TPSA) is 76.5 Å². The van der Waals surface area contributed by atoms with Crippen LogP contribution in [0.4, 0.5) is 13.2 Å². The first-order chi connectivity index (χ1) is 15.8. The van der Waals surface area contributed by atoms with E-state index in [2.05, 4.69) is 15.2 Å². The third kappa shape index (κ3) is 5.40. The molecular formula is C23H23F3N4O3. The van der Waals surface area contributed by atoms with E-state index in [1.54, 1.807) is 24.3 Å². The number of ether oxygens (including phenoxy) is 1. The molecule has 1 aromatic heterocycles. The van der Waals surface area contributed by atoms with Crippen LogP contribution in [0.2, 0.25) is 0 Å². The number of hydrogen-bond acceptors (Lipinski definition) is 5. The normalized spacial score (nSPS) is 16.0. The number of carbonyl (C=O) groups excluding carboxylic acids is 1. The summed E-state index contributed by atoms with van der Waals surface area (Å²) in [6.45, 7) is 2.19. The molecule has 2 heterocycles. The van der Waals surface area contributed by atoms with Crippen LogP contribution in [0.15, 0.2) is 59.5 Å². The molecule has 7 nitrogen and oxygen atoms in total. The van der Waals surface area contributed by atoms with Crippen molar-refractivity contribution in [3.8, 4) is 0 Å². The molecule has 1 N–H and O–H groups in total. The van der Waals surface area contributed by atoms with Gasteiger partial charge in [-0.1, -0.05) is 24.3 Å². The zero-order valence-corrected chi connectivity index (χ0v) is 17.7. The van der Waals surface area contributed by atoms with Gasteiger partial charge in [-0.2, -0.15) is 13.2 Å². The van der Waals surface area contributed by atoms with Gasteiger partial charge < -0.3 is 10.1 Å². The third-order valence-corrected chi connectivity index (χ3v) is 5.66. The van der Waals surface area contributed by atoms with E-state index in [1.165, 1.54) is 22.9 Å². The van der Waals surface area contributed by atoms with Crippen LogP contribution in [0.5, 0.6) is 0 Å². The fourth-order valence-corrected chi connectivity index (χ4v) is 3.93. The van der Waals surface area contributed by atoms with Crippen LogP contribution in [0.1, 0.15) is 17.2 Å². The third-order valence-electron chi connectivity index (χ3n) is 5.66. The largest absolute Gasteiger partial charge is 0.416 e. The summed E-state index contributed by atoms with van der Waals surface area (Å²) >= 11 is 0. The molecule has 4 rings (SSSR count). The van der Waals surface area contributed by atoms with Crippen LogP contribution < -0.4 is 10.9 Å². The second-order valence-corrected chi connectivity index (χ2v) is 7.76. The van der Waals surface area contributed by atoms with Gasteiger partial charge in [-0.15, -0.1) is 0 Å². The number of alkyl halides is 3. The van der Waals surface area contributed by atoms with Gasteiger partial charge in [0.15, 0.2) is 0 Å². The van der Waals surface area contributed by atoms with E-state index in [4.69, 9.17) is 4.74 Å². The molecule has 2 aromatic carbocycles. The average molecular weight is 460 g/mol. The van der Waals surface area contributed by atoms with Crippen molar-refractivity contribution in [1.29, 1.82) is 0 Å². The Hall–Kier alpha value is -3.24. The van der Waals surface area contributed by atoms with Crippen molar-refractivity contribution in [3.05, 3.63) is 76.2 Å². The van der Waals surface area contributed by atoms with Gasteiger partial charge in [0.2, 0.25) is 5.91 Å². The molecule has 174 valence electrons. The summed E-state index contributed by atoms with van der Waals surface area (Å²) in [4.78, 5) is 31.2. The molecule has 1 amide bonds. The van der Waals surface area contributed by atoms with Crippen LogP contribution in [0, 0.1) is 0 Å². The quantitative estimate of drug-likeness (QED) is 0.612. The average Bonchev–Trinajstić information content (AvgIpc) is 2.81. The Bertz CT molecular complexity index is 1170. The van der Waals surface area contributed by atoms with E-state index in [-0.39, 0.29) is 25.0 Å². The molecule has 3 aromatic rings. The zero-order valence-electron chi connectivity index (χ0n) is 17.7. The minimum Gasteiger partial charge on any atom is -0.379 e. The molecule has 33 heavy (non-hydrogen) atoms. The minimum absolute atomic E-state index is 0.183. The van der Waals surface area contributed by atoms with Gasteiger partial charge in [0.25, 0.3) is 5.56 Å². The number of aromatic nitrogens is 2. The van der Waals surface area contributed by atoms with Crippen molar-refractivity contribution < 1.29 is 22.7 Å². The summed E-state index contributed by atoms with van der Waals surface area (Å²) < 4.78 is 45.6. The van der Waals surface area contributed by atoms with Crippen molar-refractivity contribution in [3.63, 3.8) is 0 Å². The van der Waals surface area contributed by atoms with E-state index >= 15 is 0 Å². The Labute approximate surface area is 187 Å². The number of fused-ring (bicyclic) bond motifs is 1. The standard InChI is InChI=1S/C23H23F3N4O3/c24-23(25,26)17-7-5-16(6-8-17)20(29-9-11-33-12-10-29)13-28-21(31)15-30-19-4-2-1-3-18(19)27-14-22(30)32/h1-8,14,20H,9-13,15H2,(H,28,31). The Balaban J connectivity index is 1.51. The summed E-state index contributed by atoms with van der Waals surface area (Å²) in [5, 5.41) is 2.84. The van der Waals surface area contributed by atoms with Gasteiger partial charge in [0, 0.05) is 19.6 Å². The lowest BCUT2D eigenvalue weighted by Gasteiger charge is -2.35. The maximum Gasteiger partial charge on any atom is 0.416 e. The minimum atomic E-state index is -4.41. The molecule has 0 radical (unpaired) electrons. The zero-order chi connectivity index (χ0) is 23.4. The van der Waals surface area contributed by atoms with Crippen molar-refractivity contribution in [2.45, 2.75) is 18.8 Å². The summed E-state index contributed by atoms with van der Waals surface area (Å²) in [5.74, 6) is -0.376. The maximum absolute atomic E-state index is 13.0. The number of benzene rings is 2. The van der Waals surface area contributed by atoms with Gasteiger partial charge in [-0.05, 0) is 29.8 Å². The Kier molecular flexibility index (Phi) is 6.75. The lowest BCUT2D eigenvalue weighted by atomic mass is 10.0. The van der Waals surface area contributed by atoms with Crippen LogP contribution in [-0.4, -0.2) is 53.2 Å². The number of nitrogens with one attached hydrogen (secondary N) is 1. The first-order valence-corrected chi connectivity index (χ1v) is 10.5. The van der Waals surface area contributed by atoms with Gasteiger partial charge in [0.05, 0.1) is 42.0 Å². The van der Waals surface area contributed by atoms with E-state index in [1.807, 2.05) is 0 Å². The number of rotatable bonds is 6. The monoisotopic (exact) mass is 460 g/mol. The van der Waals surface area contributed by atoms with Crippen molar-refractivity contribution in [2.75, 3.05) is 32.8 Å². The Morgan fingerprint density at radius 3 is 2.48 bits per heavy atom. The molecule has 1 saturated heterocycles. The number of hydrogen-bond donors (Lipinski definition) is 1. The summed E-state index contributed by atoms with van der Waals surface area (Å²) in [6.07, 6.45) is -3.24. The fraction of sp³-hybridized carbons (Fsp3) is 0.348. The number of para-hydroxylation sites is 2. The molecule has 0 spiro atoms. The highest BCUT2D eigenvalue weighted by atomic mass is 19.4. The summed E-state index contributed by atoms with van der Waals surface area (Å²) in [6, 6.07) is 11.7. The first-order valence-electron chi connectivity index (χ1n) is 10.5. The molecule has 0 saturated carbocycles. The molecule has 0 bridgehead atoms. The second-order valence-electron chi connectivity index (χ2n) is 7.76. The highest BCUT2D eigenvalue weighted by Gasteiger charge is 2.31. The number of morpholine rings is 1. The van der Waals surface area contributed by atoms with Crippen LogP contribution in [0.25, 0.3) is 11.0 Å². The number of carbonyl (C=O) groups is 1. The highest BCUT2D eigenvalue weighted by molar-refractivity contribution is 5.80. The lowest BCUT2D eigenvalue weighted by Crippen LogP contribution is -2.44. The molecule has 1 aliphatic rings. The van der Waals surface area contributed by atoms with Gasteiger partial charge in [0.1, 0.15) is 6.54 Å². The maximum atomic E-state index is 13.0. The smallest absolute Gasteiger partial charge is 0.379 e. The fourth-order valence-electron chi connectivity index (χ4n) is 3.93. The van der Waals surface area contributed by atoms with Gasteiger partial charge in [-0.3, -0.25) is 19.1 Å². The van der Waals surface area contributed by atoms with Gasteiger partial charge in [-0.25, -0.2) is 4.98 Å². The Morgan fingerprint density at radius 1 is 1.09 bits per heavy atom. The van der Waals surface area contributed by atoms with Gasteiger partial charge >= 0.3 is 6.18 Å².